The van der Waals surface area contributed by atoms with E-state index in [9.17, 15) is 14.4 Å². The van der Waals surface area contributed by atoms with E-state index in [2.05, 4.69) is 4.98 Å². The molecule has 0 saturated heterocycles. The van der Waals surface area contributed by atoms with E-state index in [-0.39, 0.29) is 39.2 Å². The van der Waals surface area contributed by atoms with Crippen molar-refractivity contribution in [3.8, 4) is 0 Å². The molecule has 0 radical (unpaired) electrons. The number of carbonyl (C=O) groups excluding carboxylic acids is 2. The molecule has 6 heteroatoms. The van der Waals surface area contributed by atoms with Gasteiger partial charge in [-0.25, -0.2) is 0 Å². The first-order valence-corrected chi connectivity index (χ1v) is 8.61. The number of ketones is 2. The minimum atomic E-state index is -0.338. The van der Waals surface area contributed by atoms with Gasteiger partial charge in [0.1, 0.15) is 0 Å². The zero-order chi connectivity index (χ0) is 18.9. The third-order valence-electron chi connectivity index (χ3n) is 4.96. The number of pyridine rings is 1. The van der Waals surface area contributed by atoms with Crippen LogP contribution in [0.2, 0.25) is 5.02 Å². The summed E-state index contributed by atoms with van der Waals surface area (Å²) in [6.07, 6.45) is 0. The van der Waals surface area contributed by atoms with Crippen molar-refractivity contribution >= 4 is 50.7 Å². The molecule has 3 N–H and O–H groups in total. The highest BCUT2D eigenvalue weighted by Gasteiger charge is 2.33. The average Bonchev–Trinajstić information content (AvgIpc) is 2.66. The number of rotatable bonds is 0. The molecule has 130 valence electrons. The lowest BCUT2D eigenvalue weighted by molar-refractivity contribution is 0.0981. The topological polar surface area (TPSA) is 93.0 Å². The van der Waals surface area contributed by atoms with Crippen LogP contribution in [0.5, 0.6) is 0 Å². The number of nitrogens with two attached hydrogens (primary N) is 1. The van der Waals surface area contributed by atoms with Gasteiger partial charge in [0.15, 0.2) is 17.0 Å². The Morgan fingerprint density at radius 3 is 2.19 bits per heavy atom. The first-order chi connectivity index (χ1) is 13.0. The van der Waals surface area contributed by atoms with E-state index in [4.69, 9.17) is 17.3 Å². The lowest BCUT2D eigenvalue weighted by Crippen LogP contribution is -2.24. The van der Waals surface area contributed by atoms with Gasteiger partial charge in [0.05, 0.1) is 22.2 Å². The number of fused-ring (bicyclic) bond motifs is 5. The van der Waals surface area contributed by atoms with E-state index < -0.39 is 0 Å². The predicted octanol–water partition coefficient (Wildman–Crippen LogP) is 3.69. The highest BCUT2D eigenvalue weighted by Crippen LogP contribution is 2.35. The van der Waals surface area contributed by atoms with Crippen molar-refractivity contribution in [1.82, 2.24) is 4.98 Å². The molecular formula is C21H11ClN2O3. The van der Waals surface area contributed by atoms with Crippen molar-refractivity contribution in [2.45, 2.75) is 0 Å². The Morgan fingerprint density at radius 2 is 1.48 bits per heavy atom. The number of benzene rings is 3. The SMILES string of the molecule is Nc1cc2c(=O)c3ccc(Cl)cc3[nH]c2c2c1C(=O)c1ccccc1C2=O. The van der Waals surface area contributed by atoms with Crippen molar-refractivity contribution in [1.29, 1.82) is 0 Å². The number of hydrogen-bond acceptors (Lipinski definition) is 4. The molecule has 0 atom stereocenters. The van der Waals surface area contributed by atoms with Gasteiger partial charge in [0.25, 0.3) is 0 Å². The van der Waals surface area contributed by atoms with Gasteiger partial charge in [-0.1, -0.05) is 35.9 Å². The largest absolute Gasteiger partial charge is 0.398 e. The van der Waals surface area contributed by atoms with Crippen molar-refractivity contribution in [3.63, 3.8) is 0 Å². The zero-order valence-corrected chi connectivity index (χ0v) is 14.6. The van der Waals surface area contributed by atoms with Crippen LogP contribution in [0.3, 0.4) is 0 Å². The maximum Gasteiger partial charge on any atom is 0.197 e. The van der Waals surface area contributed by atoms with Crippen LogP contribution in [-0.4, -0.2) is 16.6 Å². The molecule has 0 amide bonds. The molecule has 5 rings (SSSR count). The molecule has 0 aliphatic heterocycles. The highest BCUT2D eigenvalue weighted by molar-refractivity contribution is 6.34. The van der Waals surface area contributed by atoms with Crippen molar-refractivity contribution in [2.75, 3.05) is 5.73 Å². The molecule has 0 bridgehead atoms. The van der Waals surface area contributed by atoms with Gasteiger partial charge in [-0.15, -0.1) is 0 Å². The summed E-state index contributed by atoms with van der Waals surface area (Å²) >= 11 is 6.05. The first kappa shape index (κ1) is 15.8. The first-order valence-electron chi connectivity index (χ1n) is 8.23. The number of aromatic nitrogens is 1. The summed E-state index contributed by atoms with van der Waals surface area (Å²) in [5, 5.41) is 1.15. The van der Waals surface area contributed by atoms with E-state index in [0.717, 1.165) is 0 Å². The van der Waals surface area contributed by atoms with Gasteiger partial charge >= 0.3 is 0 Å². The fourth-order valence-corrected chi connectivity index (χ4v) is 3.90. The number of anilines is 1. The van der Waals surface area contributed by atoms with Crippen molar-refractivity contribution < 1.29 is 9.59 Å². The number of nitrogens with one attached hydrogen (secondary N) is 1. The highest BCUT2D eigenvalue weighted by atomic mass is 35.5. The van der Waals surface area contributed by atoms with Gasteiger partial charge in [0.2, 0.25) is 0 Å². The van der Waals surface area contributed by atoms with E-state index >= 15 is 0 Å². The Morgan fingerprint density at radius 1 is 0.815 bits per heavy atom. The van der Waals surface area contributed by atoms with E-state index in [1.165, 1.54) is 6.07 Å². The molecular weight excluding hydrogens is 364 g/mol. The maximum absolute atomic E-state index is 13.2. The molecule has 0 unspecified atom stereocenters. The molecule has 1 heterocycles. The van der Waals surface area contributed by atoms with Gasteiger partial charge in [-0.05, 0) is 24.3 Å². The molecule has 1 aliphatic rings. The van der Waals surface area contributed by atoms with E-state index in [1.807, 2.05) is 0 Å². The fourth-order valence-electron chi connectivity index (χ4n) is 3.73. The Labute approximate surface area is 157 Å². The van der Waals surface area contributed by atoms with Crippen LogP contribution in [0.4, 0.5) is 5.69 Å². The fraction of sp³-hybridized carbons (Fsp3) is 0. The minimum Gasteiger partial charge on any atom is -0.398 e. The third-order valence-corrected chi connectivity index (χ3v) is 5.19. The van der Waals surface area contributed by atoms with Gasteiger partial charge in [-0.2, -0.15) is 0 Å². The average molecular weight is 375 g/mol. The van der Waals surface area contributed by atoms with Crippen LogP contribution in [0.1, 0.15) is 31.8 Å². The van der Waals surface area contributed by atoms with Crippen LogP contribution in [0.15, 0.2) is 53.3 Å². The molecule has 1 aliphatic carbocycles. The van der Waals surface area contributed by atoms with Gasteiger partial charge in [-0.3, -0.25) is 14.4 Å². The quantitative estimate of drug-likeness (QED) is 0.319. The van der Waals surface area contributed by atoms with E-state index in [1.54, 1.807) is 42.5 Å². The molecule has 0 fully saturated rings. The molecule has 4 aromatic rings. The minimum absolute atomic E-state index is 0.115. The summed E-state index contributed by atoms with van der Waals surface area (Å²) < 4.78 is 0. The van der Waals surface area contributed by atoms with Gasteiger partial charge < -0.3 is 10.7 Å². The van der Waals surface area contributed by atoms with Crippen molar-refractivity contribution in [2.24, 2.45) is 0 Å². The summed E-state index contributed by atoms with van der Waals surface area (Å²) in [6.45, 7) is 0. The lowest BCUT2D eigenvalue weighted by Gasteiger charge is -2.20. The monoisotopic (exact) mass is 374 g/mol. The second-order valence-electron chi connectivity index (χ2n) is 6.49. The zero-order valence-electron chi connectivity index (χ0n) is 13.8. The number of H-pyrrole nitrogens is 1. The Kier molecular flexibility index (Phi) is 3.09. The number of hydrogen-bond donors (Lipinski definition) is 2. The Bertz CT molecular complexity index is 1400. The van der Waals surface area contributed by atoms with Crippen molar-refractivity contribution in [3.05, 3.63) is 86.0 Å². The number of carbonyl (C=O) groups is 2. The summed E-state index contributed by atoms with van der Waals surface area (Å²) in [5.74, 6) is -0.666. The van der Waals surface area contributed by atoms with Gasteiger partial charge in [0, 0.05) is 32.6 Å². The third kappa shape index (κ3) is 2.03. The normalized spacial score (nSPS) is 13.1. The summed E-state index contributed by atoms with van der Waals surface area (Å²) in [4.78, 5) is 42.2. The summed E-state index contributed by atoms with van der Waals surface area (Å²) in [7, 11) is 0. The summed E-state index contributed by atoms with van der Waals surface area (Å²) in [6, 6.07) is 12.9. The molecule has 3 aromatic carbocycles. The Hall–Kier alpha value is -3.44. The number of halogens is 1. The van der Waals surface area contributed by atoms with Crippen LogP contribution in [0, 0.1) is 0 Å². The molecule has 0 saturated carbocycles. The Balaban J connectivity index is 2.00. The molecule has 27 heavy (non-hydrogen) atoms. The standard InChI is InChI=1S/C21H11ClN2O3/c22-9-5-6-12-15(7-9)24-18-13(19(12)25)8-14(23)16-17(18)21(27)11-4-2-1-3-10(11)20(16)26/h1-8H,23H2,(H,24,25). The maximum atomic E-state index is 13.2. The number of aromatic amines is 1. The van der Waals surface area contributed by atoms with Crippen LogP contribution < -0.4 is 11.2 Å². The van der Waals surface area contributed by atoms with Crippen LogP contribution in [0.25, 0.3) is 21.8 Å². The molecule has 0 spiro atoms. The second kappa shape index (κ2) is 5.28. The van der Waals surface area contributed by atoms with Crippen LogP contribution in [-0.2, 0) is 0 Å². The van der Waals surface area contributed by atoms with E-state index in [0.29, 0.717) is 32.6 Å². The lowest BCUT2D eigenvalue weighted by atomic mass is 9.82. The smallest absolute Gasteiger partial charge is 0.197 e. The summed E-state index contributed by atoms with van der Waals surface area (Å²) in [5.41, 5.74) is 7.61. The molecule has 1 aromatic heterocycles. The number of nitrogen functional groups attached to an aromatic ring is 1. The van der Waals surface area contributed by atoms with Crippen LogP contribution >= 0.6 is 11.6 Å². The predicted molar refractivity (Wildman–Crippen MR) is 105 cm³/mol. The second-order valence-corrected chi connectivity index (χ2v) is 6.92. The molecule has 5 nitrogen and oxygen atoms in total.